The Bertz CT molecular complexity index is 680. The van der Waals surface area contributed by atoms with E-state index in [1.54, 1.807) is 18.9 Å². The highest BCUT2D eigenvalue weighted by molar-refractivity contribution is 7.99. The minimum atomic E-state index is 0.0355. The molecule has 0 aromatic heterocycles. The number of aryl methyl sites for hydroxylation is 1. The molecule has 0 fully saturated rings. The molecule has 0 spiro atoms. The van der Waals surface area contributed by atoms with Crippen LogP contribution in [0.25, 0.3) is 0 Å². The summed E-state index contributed by atoms with van der Waals surface area (Å²) in [7, 11) is 1.66. The van der Waals surface area contributed by atoms with Crippen LogP contribution in [0.1, 0.15) is 43.0 Å². The van der Waals surface area contributed by atoms with Gasteiger partial charge in [0, 0.05) is 5.75 Å². The van der Waals surface area contributed by atoms with E-state index in [-0.39, 0.29) is 11.9 Å². The molecule has 1 unspecified atom stereocenters. The smallest absolute Gasteiger partial charge is 0.230 e. The monoisotopic (exact) mass is 371 g/mol. The van der Waals surface area contributed by atoms with Gasteiger partial charge in [-0.15, -0.1) is 11.8 Å². The number of ether oxygens (including phenoxy) is 1. The van der Waals surface area contributed by atoms with Crippen molar-refractivity contribution in [3.63, 3.8) is 0 Å². The number of hydrogen-bond acceptors (Lipinski definition) is 3. The average molecular weight is 372 g/mol. The Morgan fingerprint density at radius 3 is 2.31 bits per heavy atom. The zero-order valence-electron chi connectivity index (χ0n) is 16.1. The maximum atomic E-state index is 12.4. The summed E-state index contributed by atoms with van der Waals surface area (Å²) in [6, 6.07) is 16.5. The van der Waals surface area contributed by atoms with Gasteiger partial charge in [-0.25, -0.2) is 0 Å². The molecule has 4 heteroatoms. The molecule has 0 aliphatic heterocycles. The van der Waals surface area contributed by atoms with Gasteiger partial charge in [-0.2, -0.15) is 0 Å². The van der Waals surface area contributed by atoms with E-state index in [0.717, 1.165) is 23.5 Å². The molecule has 0 saturated carbocycles. The van der Waals surface area contributed by atoms with E-state index in [4.69, 9.17) is 4.74 Å². The van der Waals surface area contributed by atoms with Crippen LogP contribution in [0.15, 0.2) is 48.5 Å². The number of hydrogen-bond donors (Lipinski definition) is 1. The lowest BCUT2D eigenvalue weighted by Gasteiger charge is -2.21. The van der Waals surface area contributed by atoms with Crippen molar-refractivity contribution >= 4 is 17.7 Å². The largest absolute Gasteiger partial charge is 0.497 e. The summed E-state index contributed by atoms with van der Waals surface area (Å²) >= 11 is 1.65. The molecule has 26 heavy (non-hydrogen) atoms. The van der Waals surface area contributed by atoms with Gasteiger partial charge in [-0.1, -0.05) is 55.8 Å². The number of methoxy groups -OCH3 is 1. The van der Waals surface area contributed by atoms with Gasteiger partial charge in [0.1, 0.15) is 5.75 Å². The van der Waals surface area contributed by atoms with Gasteiger partial charge in [0.25, 0.3) is 0 Å². The van der Waals surface area contributed by atoms with Crippen molar-refractivity contribution in [2.75, 3.05) is 12.9 Å². The summed E-state index contributed by atoms with van der Waals surface area (Å²) in [5, 5.41) is 3.20. The quantitative estimate of drug-likeness (QED) is 0.663. The third-order valence-electron chi connectivity index (χ3n) is 4.18. The molecule has 1 amide bonds. The fourth-order valence-corrected chi connectivity index (χ4v) is 3.57. The number of carbonyl (C=O) groups excluding carboxylic acids is 1. The summed E-state index contributed by atoms with van der Waals surface area (Å²) in [5.41, 5.74) is 3.63. The number of benzene rings is 2. The number of amides is 1. The van der Waals surface area contributed by atoms with Crippen LogP contribution in [-0.2, 0) is 10.5 Å². The van der Waals surface area contributed by atoms with E-state index >= 15 is 0 Å². The lowest BCUT2D eigenvalue weighted by atomic mass is 9.97. The molecule has 140 valence electrons. The maximum absolute atomic E-state index is 12.4. The second kappa shape index (κ2) is 10.3. The molecule has 1 atom stereocenters. The van der Waals surface area contributed by atoms with Gasteiger partial charge in [-0.3, -0.25) is 4.79 Å². The minimum absolute atomic E-state index is 0.0355. The third kappa shape index (κ3) is 6.75. The molecular formula is C22H29NO2S. The highest BCUT2D eigenvalue weighted by Gasteiger charge is 2.16. The molecule has 2 aromatic rings. The Hall–Kier alpha value is -1.94. The SMILES string of the molecule is COc1ccc(C(CC(C)C)NC(=O)CSCc2ccc(C)cc2)cc1. The highest BCUT2D eigenvalue weighted by Crippen LogP contribution is 2.24. The third-order valence-corrected chi connectivity index (χ3v) is 5.19. The Morgan fingerprint density at radius 1 is 1.08 bits per heavy atom. The van der Waals surface area contributed by atoms with E-state index in [1.807, 2.05) is 24.3 Å². The van der Waals surface area contributed by atoms with Crippen LogP contribution in [0.5, 0.6) is 5.75 Å². The predicted molar refractivity (Wildman–Crippen MR) is 111 cm³/mol. The Labute approximate surface area is 161 Å². The van der Waals surface area contributed by atoms with Crippen LogP contribution in [0.4, 0.5) is 0 Å². The van der Waals surface area contributed by atoms with Gasteiger partial charge < -0.3 is 10.1 Å². The van der Waals surface area contributed by atoms with Crippen LogP contribution in [0, 0.1) is 12.8 Å². The van der Waals surface area contributed by atoms with E-state index in [9.17, 15) is 4.79 Å². The fraction of sp³-hybridized carbons (Fsp3) is 0.409. The lowest BCUT2D eigenvalue weighted by molar-refractivity contribution is -0.119. The predicted octanol–water partition coefficient (Wildman–Crippen LogP) is 5.14. The van der Waals surface area contributed by atoms with Crippen molar-refractivity contribution in [2.24, 2.45) is 5.92 Å². The second-order valence-electron chi connectivity index (χ2n) is 7.00. The van der Waals surface area contributed by atoms with Gasteiger partial charge in [0.15, 0.2) is 0 Å². The normalized spacial score (nSPS) is 12.0. The summed E-state index contributed by atoms with van der Waals surface area (Å²) in [4.78, 5) is 12.4. The molecular weight excluding hydrogens is 342 g/mol. The Kier molecular flexibility index (Phi) is 8.05. The fourth-order valence-electron chi connectivity index (χ4n) is 2.77. The molecule has 0 aliphatic rings. The Morgan fingerprint density at radius 2 is 1.73 bits per heavy atom. The maximum Gasteiger partial charge on any atom is 0.230 e. The van der Waals surface area contributed by atoms with Crippen molar-refractivity contribution in [1.82, 2.24) is 5.32 Å². The van der Waals surface area contributed by atoms with Gasteiger partial charge in [-0.05, 0) is 42.5 Å². The van der Waals surface area contributed by atoms with Crippen LogP contribution in [-0.4, -0.2) is 18.8 Å². The summed E-state index contributed by atoms with van der Waals surface area (Å²) in [6.45, 7) is 6.43. The first-order chi connectivity index (χ1) is 12.5. The molecule has 0 bridgehead atoms. The molecule has 2 rings (SSSR count). The molecule has 0 radical (unpaired) electrons. The Balaban J connectivity index is 1.89. The van der Waals surface area contributed by atoms with Crippen molar-refractivity contribution in [2.45, 2.75) is 39.0 Å². The molecule has 1 N–H and O–H groups in total. The summed E-state index contributed by atoms with van der Waals surface area (Å²) in [5.74, 6) is 2.74. The van der Waals surface area contributed by atoms with Crippen molar-refractivity contribution in [1.29, 1.82) is 0 Å². The van der Waals surface area contributed by atoms with Crippen molar-refractivity contribution in [3.8, 4) is 5.75 Å². The molecule has 2 aromatic carbocycles. The molecule has 0 heterocycles. The summed E-state index contributed by atoms with van der Waals surface area (Å²) in [6.07, 6.45) is 0.917. The summed E-state index contributed by atoms with van der Waals surface area (Å²) < 4.78 is 5.22. The number of thioether (sulfide) groups is 1. The van der Waals surface area contributed by atoms with E-state index < -0.39 is 0 Å². The highest BCUT2D eigenvalue weighted by atomic mass is 32.2. The topological polar surface area (TPSA) is 38.3 Å². The average Bonchev–Trinajstić information content (AvgIpc) is 2.62. The molecule has 3 nitrogen and oxygen atoms in total. The van der Waals surface area contributed by atoms with Crippen LogP contribution < -0.4 is 10.1 Å². The number of nitrogens with one attached hydrogen (secondary N) is 1. The lowest BCUT2D eigenvalue weighted by Crippen LogP contribution is -2.30. The van der Waals surface area contributed by atoms with Crippen molar-refractivity contribution < 1.29 is 9.53 Å². The van der Waals surface area contributed by atoms with E-state index in [1.165, 1.54) is 11.1 Å². The first-order valence-corrected chi connectivity index (χ1v) is 10.2. The standard InChI is InChI=1S/C22H29NO2S/c1-16(2)13-21(19-9-11-20(25-4)12-10-19)23-22(24)15-26-14-18-7-5-17(3)6-8-18/h5-12,16,21H,13-15H2,1-4H3,(H,23,24). The first kappa shape index (κ1) is 20.4. The minimum Gasteiger partial charge on any atom is -0.497 e. The van der Waals surface area contributed by atoms with Crippen LogP contribution in [0.3, 0.4) is 0 Å². The van der Waals surface area contributed by atoms with Gasteiger partial charge >= 0.3 is 0 Å². The number of rotatable bonds is 9. The zero-order valence-corrected chi connectivity index (χ0v) is 16.9. The van der Waals surface area contributed by atoms with Gasteiger partial charge in [0.05, 0.1) is 18.9 Å². The number of carbonyl (C=O) groups is 1. The van der Waals surface area contributed by atoms with Crippen LogP contribution in [0.2, 0.25) is 0 Å². The van der Waals surface area contributed by atoms with E-state index in [2.05, 4.69) is 50.4 Å². The first-order valence-electron chi connectivity index (χ1n) is 9.04. The molecule has 0 saturated heterocycles. The van der Waals surface area contributed by atoms with E-state index in [0.29, 0.717) is 11.7 Å². The second-order valence-corrected chi connectivity index (χ2v) is 7.99. The van der Waals surface area contributed by atoms with Crippen LogP contribution >= 0.6 is 11.8 Å². The van der Waals surface area contributed by atoms with Crippen molar-refractivity contribution in [3.05, 3.63) is 65.2 Å². The molecule has 0 aliphatic carbocycles. The van der Waals surface area contributed by atoms with Gasteiger partial charge in [0.2, 0.25) is 5.91 Å². The zero-order chi connectivity index (χ0) is 18.9.